The van der Waals surface area contributed by atoms with E-state index in [2.05, 4.69) is 5.32 Å². The Kier molecular flexibility index (Phi) is 6.52. The number of sulfonamides is 1. The first-order valence-corrected chi connectivity index (χ1v) is 8.09. The highest BCUT2D eigenvalue weighted by molar-refractivity contribution is 7.89. The van der Waals surface area contributed by atoms with Crippen LogP contribution in [0, 0.1) is 11.6 Å². The van der Waals surface area contributed by atoms with Gasteiger partial charge in [0.1, 0.15) is 11.6 Å². The molecule has 1 aliphatic heterocycles. The van der Waals surface area contributed by atoms with Crippen LogP contribution < -0.4 is 5.32 Å². The maximum absolute atomic E-state index is 13.8. The Morgan fingerprint density at radius 3 is 2.43 bits per heavy atom. The van der Waals surface area contributed by atoms with Crippen molar-refractivity contribution in [2.24, 2.45) is 0 Å². The minimum atomic E-state index is -4.16. The maximum Gasteiger partial charge on any atom is 0.249 e. The predicted octanol–water partition coefficient (Wildman–Crippen LogP) is 2.15. The quantitative estimate of drug-likeness (QED) is 0.893. The Morgan fingerprint density at radius 2 is 1.95 bits per heavy atom. The minimum Gasteiger partial charge on any atom is -0.315 e. The van der Waals surface area contributed by atoms with Crippen LogP contribution in [-0.4, -0.2) is 38.4 Å². The van der Waals surface area contributed by atoms with Gasteiger partial charge in [-0.3, -0.25) is 0 Å². The van der Waals surface area contributed by atoms with Gasteiger partial charge in [0.05, 0.1) is 0 Å². The molecule has 120 valence electrons. The van der Waals surface area contributed by atoms with E-state index in [0.29, 0.717) is 25.9 Å². The van der Waals surface area contributed by atoms with Gasteiger partial charge in [0.15, 0.2) is 4.90 Å². The van der Waals surface area contributed by atoms with E-state index in [1.165, 1.54) is 4.31 Å². The molecule has 0 bridgehead atoms. The molecular weight excluding hydrogens is 322 g/mol. The highest BCUT2D eigenvalue weighted by Crippen LogP contribution is 2.25. The summed E-state index contributed by atoms with van der Waals surface area (Å²) in [6.07, 6.45) is 1.24. The van der Waals surface area contributed by atoms with E-state index in [1.54, 1.807) is 0 Å². The van der Waals surface area contributed by atoms with E-state index >= 15 is 0 Å². The number of nitrogens with one attached hydrogen (secondary N) is 1. The van der Waals surface area contributed by atoms with Gasteiger partial charge in [-0.25, -0.2) is 17.2 Å². The lowest BCUT2D eigenvalue weighted by atomic mass is 10.2. The smallest absolute Gasteiger partial charge is 0.249 e. The Hall–Kier alpha value is -0.760. The van der Waals surface area contributed by atoms with Gasteiger partial charge in [0, 0.05) is 19.1 Å². The fourth-order valence-corrected chi connectivity index (χ4v) is 4.31. The van der Waals surface area contributed by atoms with E-state index in [0.717, 1.165) is 18.2 Å². The average molecular weight is 341 g/mol. The molecule has 1 N–H and O–H groups in total. The Bertz CT molecular complexity index is 557. The number of nitrogens with zero attached hydrogens (tertiary/aromatic N) is 1. The molecule has 2 rings (SSSR count). The largest absolute Gasteiger partial charge is 0.315 e. The van der Waals surface area contributed by atoms with Crippen molar-refractivity contribution in [3.63, 3.8) is 0 Å². The number of halogens is 3. The summed E-state index contributed by atoms with van der Waals surface area (Å²) in [6, 6.07) is 2.84. The summed E-state index contributed by atoms with van der Waals surface area (Å²) >= 11 is 0. The van der Waals surface area contributed by atoms with Crippen molar-refractivity contribution in [2.45, 2.75) is 30.7 Å². The second-order valence-corrected chi connectivity index (χ2v) is 6.64. The molecule has 0 amide bonds. The van der Waals surface area contributed by atoms with Crippen molar-refractivity contribution in [2.75, 3.05) is 19.6 Å². The molecule has 0 aliphatic carbocycles. The molecule has 4 nitrogen and oxygen atoms in total. The van der Waals surface area contributed by atoms with Crippen LogP contribution in [0.2, 0.25) is 0 Å². The number of rotatable bonds is 5. The summed E-state index contributed by atoms with van der Waals surface area (Å²) in [5, 5.41) is 3.07. The molecule has 21 heavy (non-hydrogen) atoms. The lowest BCUT2D eigenvalue weighted by Gasteiger charge is -2.27. The molecule has 0 aromatic heterocycles. The van der Waals surface area contributed by atoms with E-state index in [9.17, 15) is 17.2 Å². The predicted molar refractivity (Wildman–Crippen MR) is 79.1 cm³/mol. The molecular formula is C13H19ClF2N2O2S. The maximum atomic E-state index is 13.8. The zero-order valence-corrected chi connectivity index (χ0v) is 13.3. The average Bonchev–Trinajstić information content (AvgIpc) is 2.88. The topological polar surface area (TPSA) is 49.4 Å². The molecule has 1 aliphatic rings. The van der Waals surface area contributed by atoms with Crippen molar-refractivity contribution in [3.05, 3.63) is 29.8 Å². The third kappa shape index (κ3) is 3.71. The van der Waals surface area contributed by atoms with Gasteiger partial charge in [0.2, 0.25) is 10.0 Å². The third-order valence-electron chi connectivity index (χ3n) is 3.37. The monoisotopic (exact) mass is 340 g/mol. The lowest BCUT2D eigenvalue weighted by molar-refractivity contribution is 0.331. The summed E-state index contributed by atoms with van der Waals surface area (Å²) < 4.78 is 53.9. The molecule has 8 heteroatoms. The van der Waals surface area contributed by atoms with Crippen LogP contribution in [0.1, 0.15) is 19.8 Å². The number of benzene rings is 1. The van der Waals surface area contributed by atoms with Crippen LogP contribution in [0.3, 0.4) is 0 Å². The van der Waals surface area contributed by atoms with Crippen molar-refractivity contribution in [3.8, 4) is 0 Å². The van der Waals surface area contributed by atoms with Crippen LogP contribution in [-0.2, 0) is 10.0 Å². The summed E-state index contributed by atoms with van der Waals surface area (Å²) in [6.45, 7) is 3.31. The summed E-state index contributed by atoms with van der Waals surface area (Å²) in [7, 11) is -4.16. The minimum absolute atomic E-state index is 0. The molecule has 0 saturated carbocycles. The van der Waals surface area contributed by atoms with Gasteiger partial charge in [0.25, 0.3) is 0 Å². The van der Waals surface area contributed by atoms with Crippen LogP contribution in [0.15, 0.2) is 23.1 Å². The molecule has 1 heterocycles. The first kappa shape index (κ1) is 18.3. The normalized spacial score (nSPS) is 18.8. The van der Waals surface area contributed by atoms with E-state index in [1.807, 2.05) is 6.92 Å². The molecule has 0 spiro atoms. The second-order valence-electron chi connectivity index (χ2n) is 4.81. The Morgan fingerprint density at radius 1 is 1.33 bits per heavy atom. The van der Waals surface area contributed by atoms with Gasteiger partial charge in [-0.2, -0.15) is 4.31 Å². The van der Waals surface area contributed by atoms with E-state index in [4.69, 9.17) is 0 Å². The molecule has 1 saturated heterocycles. The Labute approximate surface area is 130 Å². The first-order valence-electron chi connectivity index (χ1n) is 6.65. The first-order chi connectivity index (χ1) is 9.48. The van der Waals surface area contributed by atoms with Crippen LogP contribution in [0.5, 0.6) is 0 Å². The zero-order chi connectivity index (χ0) is 14.8. The number of hydrogen-bond acceptors (Lipinski definition) is 3. The van der Waals surface area contributed by atoms with E-state index < -0.39 is 26.6 Å². The van der Waals surface area contributed by atoms with Gasteiger partial charge < -0.3 is 5.32 Å². The molecule has 1 aromatic rings. The fourth-order valence-electron chi connectivity index (χ4n) is 2.45. The van der Waals surface area contributed by atoms with Crippen LogP contribution in [0.4, 0.5) is 8.78 Å². The van der Waals surface area contributed by atoms with Gasteiger partial charge in [-0.05, 0) is 31.5 Å². The van der Waals surface area contributed by atoms with Crippen molar-refractivity contribution in [1.29, 1.82) is 0 Å². The highest BCUT2D eigenvalue weighted by Gasteiger charge is 2.36. The SMILES string of the molecule is CCCN(C1CCNC1)S(=O)(=O)c1c(F)cccc1F.Cl. The van der Waals surface area contributed by atoms with Crippen molar-refractivity contribution >= 4 is 22.4 Å². The third-order valence-corrected chi connectivity index (χ3v) is 5.38. The van der Waals surface area contributed by atoms with Crippen LogP contribution >= 0.6 is 12.4 Å². The Balaban J connectivity index is 0.00000220. The lowest BCUT2D eigenvalue weighted by Crippen LogP contribution is -2.42. The fraction of sp³-hybridized carbons (Fsp3) is 0.538. The van der Waals surface area contributed by atoms with E-state index in [-0.39, 0.29) is 25.0 Å². The van der Waals surface area contributed by atoms with Crippen molar-refractivity contribution < 1.29 is 17.2 Å². The van der Waals surface area contributed by atoms with Crippen LogP contribution in [0.25, 0.3) is 0 Å². The van der Waals surface area contributed by atoms with Gasteiger partial charge in [-0.15, -0.1) is 12.4 Å². The summed E-state index contributed by atoms with van der Waals surface area (Å²) in [5.41, 5.74) is 0. The van der Waals surface area contributed by atoms with Gasteiger partial charge >= 0.3 is 0 Å². The molecule has 1 fully saturated rings. The van der Waals surface area contributed by atoms with Gasteiger partial charge in [-0.1, -0.05) is 13.0 Å². The zero-order valence-electron chi connectivity index (χ0n) is 11.7. The summed E-state index contributed by atoms with van der Waals surface area (Å²) in [4.78, 5) is -0.847. The number of hydrogen-bond donors (Lipinski definition) is 1. The molecule has 1 aromatic carbocycles. The summed E-state index contributed by atoms with van der Waals surface area (Å²) in [5.74, 6) is -2.09. The molecule has 0 radical (unpaired) electrons. The molecule has 1 unspecified atom stereocenters. The highest BCUT2D eigenvalue weighted by atomic mass is 35.5. The van der Waals surface area contributed by atoms with Crippen molar-refractivity contribution in [1.82, 2.24) is 9.62 Å². The standard InChI is InChI=1S/C13H18F2N2O2S.ClH/c1-2-8-17(10-6-7-16-9-10)20(18,19)13-11(14)4-3-5-12(13)15;/h3-5,10,16H,2,6-9H2,1H3;1H. The molecule has 1 atom stereocenters. The second kappa shape index (κ2) is 7.49.